The summed E-state index contributed by atoms with van der Waals surface area (Å²) in [7, 11) is 0. The van der Waals surface area contributed by atoms with E-state index < -0.39 is 24.2 Å². The fourth-order valence-corrected chi connectivity index (χ4v) is 5.37. The lowest BCUT2D eigenvalue weighted by molar-refractivity contribution is -0.133. The summed E-state index contributed by atoms with van der Waals surface area (Å²) in [5.41, 5.74) is 1.52. The van der Waals surface area contributed by atoms with Gasteiger partial charge in [0.2, 0.25) is 0 Å². The van der Waals surface area contributed by atoms with Crippen LogP contribution in [0.1, 0.15) is 43.6 Å². The van der Waals surface area contributed by atoms with Crippen LogP contribution in [0.2, 0.25) is 0 Å². The van der Waals surface area contributed by atoms with Crippen molar-refractivity contribution in [2.75, 3.05) is 13.1 Å². The predicted octanol–water partition coefficient (Wildman–Crippen LogP) is 4.14. The van der Waals surface area contributed by atoms with Crippen LogP contribution in [0.15, 0.2) is 42.5 Å². The van der Waals surface area contributed by atoms with Gasteiger partial charge in [0.15, 0.2) is 0 Å². The van der Waals surface area contributed by atoms with Gasteiger partial charge >= 0.3 is 12.6 Å². The number of aromatic nitrogens is 1. The van der Waals surface area contributed by atoms with Crippen molar-refractivity contribution in [3.8, 4) is 11.5 Å². The van der Waals surface area contributed by atoms with Crippen molar-refractivity contribution in [3.63, 3.8) is 0 Å². The molecule has 0 saturated carbocycles. The number of hydrogen-bond acceptors (Lipinski definition) is 5. The number of urea groups is 1. The molecule has 0 radical (unpaired) electrons. The SMILES string of the molecule is CC(C)NCCN1C(=O)N2C(c3cccc(O)c3)c3[nH]c4ccc(OC(F)F)cc4c3CC2(C)C1=O. The Balaban J connectivity index is 1.65. The smallest absolute Gasteiger partial charge is 0.387 e. The van der Waals surface area contributed by atoms with E-state index in [4.69, 9.17) is 0 Å². The van der Waals surface area contributed by atoms with Gasteiger partial charge in [0.1, 0.15) is 23.1 Å². The molecule has 5 rings (SSSR count). The molecular formula is C26H28F2N4O4. The van der Waals surface area contributed by atoms with Crippen molar-refractivity contribution in [2.45, 2.75) is 51.4 Å². The van der Waals surface area contributed by atoms with Crippen molar-refractivity contribution in [3.05, 3.63) is 59.3 Å². The summed E-state index contributed by atoms with van der Waals surface area (Å²) in [6.45, 7) is 3.42. The maximum atomic E-state index is 13.7. The van der Waals surface area contributed by atoms with Crippen LogP contribution in [0.4, 0.5) is 13.6 Å². The zero-order valence-electron chi connectivity index (χ0n) is 20.2. The molecule has 190 valence electrons. The van der Waals surface area contributed by atoms with E-state index >= 15 is 0 Å². The van der Waals surface area contributed by atoms with Gasteiger partial charge in [-0.3, -0.25) is 14.6 Å². The number of fused-ring (bicyclic) bond motifs is 4. The summed E-state index contributed by atoms with van der Waals surface area (Å²) in [6, 6.07) is 10.3. The predicted molar refractivity (Wildman–Crippen MR) is 129 cm³/mol. The average Bonchev–Trinajstić information content (AvgIpc) is 3.24. The van der Waals surface area contributed by atoms with E-state index in [1.165, 1.54) is 23.1 Å². The highest BCUT2D eigenvalue weighted by Crippen LogP contribution is 2.49. The number of nitrogens with zero attached hydrogens (tertiary/aromatic N) is 2. The minimum absolute atomic E-state index is 0.0102. The summed E-state index contributed by atoms with van der Waals surface area (Å²) in [6.07, 6.45) is 0.203. The van der Waals surface area contributed by atoms with Crippen LogP contribution in [-0.4, -0.2) is 63.1 Å². The standard InChI is InChI=1S/C26H28F2N4O4/c1-14(2)29-9-10-31-23(34)26(3)13-19-18-12-17(36-24(27)28)7-8-20(18)30-21(19)22(32(26)25(31)35)15-5-4-6-16(33)11-15/h4-8,11-12,14,22,24,29-30,33H,9-10,13H2,1-3H3. The first-order valence-electron chi connectivity index (χ1n) is 11.9. The number of phenols is 1. The number of carbonyl (C=O) groups excluding carboxylic acids is 2. The van der Waals surface area contributed by atoms with E-state index in [2.05, 4.69) is 15.0 Å². The van der Waals surface area contributed by atoms with E-state index in [-0.39, 0.29) is 36.4 Å². The molecule has 3 amide bonds. The Morgan fingerprint density at radius 3 is 2.69 bits per heavy atom. The topological polar surface area (TPSA) is 97.9 Å². The van der Waals surface area contributed by atoms with Crippen molar-refractivity contribution >= 4 is 22.8 Å². The molecule has 2 atom stereocenters. The number of nitrogens with one attached hydrogen (secondary N) is 2. The van der Waals surface area contributed by atoms with Crippen LogP contribution in [0.5, 0.6) is 11.5 Å². The van der Waals surface area contributed by atoms with Crippen LogP contribution in [0, 0.1) is 0 Å². The minimum atomic E-state index is -2.97. The number of hydrogen-bond donors (Lipinski definition) is 3. The summed E-state index contributed by atoms with van der Waals surface area (Å²) < 4.78 is 30.4. The van der Waals surface area contributed by atoms with E-state index in [0.29, 0.717) is 28.7 Å². The Kier molecular flexibility index (Phi) is 5.86. The number of halogens is 2. The Bertz CT molecular complexity index is 1340. The first-order valence-corrected chi connectivity index (χ1v) is 11.9. The van der Waals surface area contributed by atoms with Gasteiger partial charge in [0.25, 0.3) is 5.91 Å². The van der Waals surface area contributed by atoms with Crippen molar-refractivity contribution in [1.29, 1.82) is 0 Å². The molecule has 1 saturated heterocycles. The fourth-order valence-electron chi connectivity index (χ4n) is 5.37. The second-order valence-corrected chi connectivity index (χ2v) is 9.77. The quantitative estimate of drug-likeness (QED) is 0.426. The molecule has 36 heavy (non-hydrogen) atoms. The number of imide groups is 1. The zero-order chi connectivity index (χ0) is 25.8. The highest BCUT2D eigenvalue weighted by atomic mass is 19.3. The van der Waals surface area contributed by atoms with Crippen LogP contribution in [0.3, 0.4) is 0 Å². The number of ether oxygens (including phenoxy) is 1. The molecule has 0 spiro atoms. The lowest BCUT2D eigenvalue weighted by Gasteiger charge is -2.42. The van der Waals surface area contributed by atoms with Gasteiger partial charge in [-0.25, -0.2) is 4.79 Å². The number of alkyl halides is 2. The number of benzene rings is 2. The number of aromatic amines is 1. The number of rotatable bonds is 7. The highest BCUT2D eigenvalue weighted by Gasteiger charge is 2.60. The normalized spacial score (nSPS) is 21.6. The van der Waals surface area contributed by atoms with Crippen LogP contribution in [-0.2, 0) is 11.2 Å². The lowest BCUT2D eigenvalue weighted by atomic mass is 9.81. The van der Waals surface area contributed by atoms with Crippen molar-refractivity contribution in [1.82, 2.24) is 20.1 Å². The van der Waals surface area contributed by atoms with Gasteiger partial charge in [-0.15, -0.1) is 0 Å². The summed E-state index contributed by atoms with van der Waals surface area (Å²) >= 11 is 0. The zero-order valence-corrected chi connectivity index (χ0v) is 20.2. The third-order valence-electron chi connectivity index (χ3n) is 6.94. The number of carbonyl (C=O) groups is 2. The molecule has 0 aliphatic carbocycles. The Labute approximate surface area is 206 Å². The first kappa shape index (κ1) is 24.1. The molecule has 1 aromatic heterocycles. The number of aromatic hydroxyl groups is 1. The summed E-state index contributed by atoms with van der Waals surface area (Å²) in [5, 5.41) is 14.1. The second kappa shape index (κ2) is 8.77. The monoisotopic (exact) mass is 498 g/mol. The minimum Gasteiger partial charge on any atom is -0.508 e. The fraction of sp³-hybridized carbons (Fsp3) is 0.385. The number of H-pyrrole nitrogens is 1. The molecule has 1 fully saturated rings. The molecule has 0 bridgehead atoms. The second-order valence-electron chi connectivity index (χ2n) is 9.77. The molecule has 2 aromatic carbocycles. The molecule has 3 heterocycles. The summed E-state index contributed by atoms with van der Waals surface area (Å²) in [4.78, 5) is 33.6. The molecule has 10 heteroatoms. The average molecular weight is 499 g/mol. The van der Waals surface area contributed by atoms with Gasteiger partial charge in [-0.1, -0.05) is 26.0 Å². The summed E-state index contributed by atoms with van der Waals surface area (Å²) in [5.74, 6) is -0.278. The third kappa shape index (κ3) is 3.85. The van der Waals surface area contributed by atoms with Crippen LogP contribution >= 0.6 is 0 Å². The third-order valence-corrected chi connectivity index (χ3v) is 6.94. The molecular weight excluding hydrogens is 470 g/mol. The molecule has 3 N–H and O–H groups in total. The van der Waals surface area contributed by atoms with Gasteiger partial charge in [-0.2, -0.15) is 8.78 Å². The van der Waals surface area contributed by atoms with Crippen LogP contribution < -0.4 is 10.1 Å². The van der Waals surface area contributed by atoms with Gasteiger partial charge in [0.05, 0.1) is 0 Å². The maximum absolute atomic E-state index is 13.7. The van der Waals surface area contributed by atoms with Gasteiger partial charge in [-0.05, 0) is 48.4 Å². The van der Waals surface area contributed by atoms with E-state index in [1.807, 2.05) is 13.8 Å². The molecule has 2 unspecified atom stereocenters. The van der Waals surface area contributed by atoms with E-state index in [1.54, 1.807) is 36.1 Å². The highest BCUT2D eigenvalue weighted by molar-refractivity contribution is 6.08. The van der Waals surface area contributed by atoms with Gasteiger partial charge < -0.3 is 20.1 Å². The Morgan fingerprint density at radius 2 is 2.00 bits per heavy atom. The van der Waals surface area contributed by atoms with Crippen LogP contribution in [0.25, 0.3) is 10.9 Å². The molecule has 8 nitrogen and oxygen atoms in total. The largest absolute Gasteiger partial charge is 0.508 e. The number of amides is 3. The Hall–Kier alpha value is -3.66. The van der Waals surface area contributed by atoms with E-state index in [9.17, 15) is 23.5 Å². The lowest BCUT2D eigenvalue weighted by Crippen LogP contribution is -2.53. The maximum Gasteiger partial charge on any atom is 0.387 e. The molecule has 2 aliphatic rings. The van der Waals surface area contributed by atoms with Crippen molar-refractivity contribution < 1.29 is 28.2 Å². The first-order chi connectivity index (χ1) is 17.1. The molecule has 2 aliphatic heterocycles. The molecule has 3 aromatic rings. The van der Waals surface area contributed by atoms with Crippen molar-refractivity contribution in [2.24, 2.45) is 0 Å². The van der Waals surface area contributed by atoms with Gasteiger partial charge in [0, 0.05) is 42.1 Å². The Morgan fingerprint density at radius 1 is 1.22 bits per heavy atom. The number of phenolic OH excluding ortho intramolecular Hbond substituents is 1. The van der Waals surface area contributed by atoms with E-state index in [0.717, 1.165) is 5.56 Å².